The Kier molecular flexibility index (Phi) is 4.70. The average Bonchev–Trinajstić information content (AvgIpc) is 2.99. The summed E-state index contributed by atoms with van der Waals surface area (Å²) in [7, 11) is 0. The summed E-state index contributed by atoms with van der Waals surface area (Å²) in [6.07, 6.45) is 0.675. The molecule has 2 heterocycles. The van der Waals surface area contributed by atoms with E-state index in [-0.39, 0.29) is 5.91 Å². The molecule has 0 fully saturated rings. The Morgan fingerprint density at radius 1 is 1.04 bits per heavy atom. The summed E-state index contributed by atoms with van der Waals surface area (Å²) in [5.74, 6) is 1.30. The van der Waals surface area contributed by atoms with E-state index in [0.29, 0.717) is 18.0 Å². The molecule has 0 radical (unpaired) electrons. The van der Waals surface area contributed by atoms with Gasteiger partial charge in [-0.1, -0.05) is 23.8 Å². The van der Waals surface area contributed by atoms with Crippen molar-refractivity contribution in [2.75, 3.05) is 5.32 Å². The second kappa shape index (κ2) is 6.93. The number of furan rings is 1. The lowest BCUT2D eigenvalue weighted by atomic mass is 9.97. The van der Waals surface area contributed by atoms with Crippen LogP contribution < -0.4 is 5.32 Å². The lowest BCUT2D eigenvalue weighted by Gasteiger charge is -2.10. The number of nitrogens with zero attached hydrogens (tertiary/aromatic N) is 1. The number of hydrogen-bond acceptors (Lipinski definition) is 3. The van der Waals surface area contributed by atoms with Crippen LogP contribution in [0.1, 0.15) is 44.3 Å². The van der Waals surface area contributed by atoms with Crippen molar-refractivity contribution in [1.82, 2.24) is 4.98 Å². The highest BCUT2D eigenvalue weighted by Gasteiger charge is 2.14. The van der Waals surface area contributed by atoms with Gasteiger partial charge in [-0.25, -0.2) is 4.98 Å². The summed E-state index contributed by atoms with van der Waals surface area (Å²) in [6.45, 7) is 8.19. The number of hydrogen-bond donors (Lipinski definition) is 1. The standard InChI is InChI=1S/C21H22N2O2/c1-13-10-14(2)18(15(3)11-13)12-17-8-9-19(25-17)21(24)23-20-7-5-6-16(4)22-20/h5-11H,12H2,1-4H3,(H,22,23,24). The third-order valence-corrected chi connectivity index (χ3v) is 4.21. The predicted octanol–water partition coefficient (Wildman–Crippen LogP) is 4.75. The van der Waals surface area contributed by atoms with Crippen LogP contribution in [-0.2, 0) is 6.42 Å². The molecule has 0 spiro atoms. The van der Waals surface area contributed by atoms with E-state index >= 15 is 0 Å². The molecule has 1 aromatic carbocycles. The number of anilines is 1. The Balaban J connectivity index is 1.75. The fourth-order valence-electron chi connectivity index (χ4n) is 3.05. The molecule has 4 nitrogen and oxygen atoms in total. The molecule has 0 bridgehead atoms. The molecule has 0 unspecified atom stereocenters. The fraction of sp³-hybridized carbons (Fsp3) is 0.238. The number of nitrogens with one attached hydrogen (secondary N) is 1. The van der Waals surface area contributed by atoms with Crippen molar-refractivity contribution in [2.24, 2.45) is 0 Å². The largest absolute Gasteiger partial charge is 0.456 e. The first-order valence-corrected chi connectivity index (χ1v) is 8.33. The van der Waals surface area contributed by atoms with E-state index in [4.69, 9.17) is 4.42 Å². The smallest absolute Gasteiger partial charge is 0.292 e. The third-order valence-electron chi connectivity index (χ3n) is 4.21. The monoisotopic (exact) mass is 334 g/mol. The van der Waals surface area contributed by atoms with Gasteiger partial charge < -0.3 is 9.73 Å². The fourth-order valence-corrected chi connectivity index (χ4v) is 3.05. The van der Waals surface area contributed by atoms with Crippen LogP contribution in [0.25, 0.3) is 0 Å². The Hall–Kier alpha value is -2.88. The van der Waals surface area contributed by atoms with Crippen molar-refractivity contribution >= 4 is 11.7 Å². The number of pyridine rings is 1. The number of aromatic nitrogens is 1. The van der Waals surface area contributed by atoms with Crippen molar-refractivity contribution in [3.63, 3.8) is 0 Å². The summed E-state index contributed by atoms with van der Waals surface area (Å²) in [4.78, 5) is 16.6. The zero-order valence-corrected chi connectivity index (χ0v) is 15.0. The molecule has 0 atom stereocenters. The molecule has 0 saturated heterocycles. The van der Waals surface area contributed by atoms with Gasteiger partial charge in [-0.15, -0.1) is 0 Å². The molecule has 2 aromatic heterocycles. The minimum atomic E-state index is -0.290. The molecule has 0 aliphatic heterocycles. The molecule has 3 aromatic rings. The summed E-state index contributed by atoms with van der Waals surface area (Å²) in [6, 6.07) is 13.4. The van der Waals surface area contributed by atoms with Gasteiger partial charge in [0.25, 0.3) is 5.91 Å². The number of benzene rings is 1. The summed E-state index contributed by atoms with van der Waals surface area (Å²) in [5, 5.41) is 2.76. The molecule has 128 valence electrons. The highest BCUT2D eigenvalue weighted by molar-refractivity contribution is 6.01. The molecule has 25 heavy (non-hydrogen) atoms. The normalized spacial score (nSPS) is 10.7. The molecule has 3 rings (SSSR count). The summed E-state index contributed by atoms with van der Waals surface area (Å²) in [5.41, 5.74) is 5.83. The number of aryl methyl sites for hydroxylation is 4. The number of carbonyl (C=O) groups is 1. The Morgan fingerprint density at radius 2 is 1.76 bits per heavy atom. The van der Waals surface area contributed by atoms with Gasteiger partial charge in [0.15, 0.2) is 5.76 Å². The van der Waals surface area contributed by atoms with Crippen LogP contribution in [0, 0.1) is 27.7 Å². The zero-order chi connectivity index (χ0) is 18.0. The third kappa shape index (κ3) is 3.97. The molecule has 0 saturated carbocycles. The second-order valence-electron chi connectivity index (χ2n) is 6.44. The number of rotatable bonds is 4. The van der Waals surface area contributed by atoms with Gasteiger partial charge >= 0.3 is 0 Å². The quantitative estimate of drug-likeness (QED) is 0.749. The van der Waals surface area contributed by atoms with Gasteiger partial charge in [0, 0.05) is 12.1 Å². The van der Waals surface area contributed by atoms with Crippen LogP contribution in [0.3, 0.4) is 0 Å². The maximum atomic E-state index is 12.3. The minimum absolute atomic E-state index is 0.290. The Bertz CT molecular complexity index is 902. The molecular formula is C21H22N2O2. The van der Waals surface area contributed by atoms with E-state index in [2.05, 4.69) is 43.2 Å². The Morgan fingerprint density at radius 3 is 2.44 bits per heavy atom. The van der Waals surface area contributed by atoms with Gasteiger partial charge in [-0.2, -0.15) is 0 Å². The van der Waals surface area contributed by atoms with E-state index in [1.807, 2.05) is 25.1 Å². The van der Waals surface area contributed by atoms with Crippen molar-refractivity contribution in [2.45, 2.75) is 34.1 Å². The second-order valence-corrected chi connectivity index (χ2v) is 6.44. The lowest BCUT2D eigenvalue weighted by molar-refractivity contribution is 0.0994. The van der Waals surface area contributed by atoms with Gasteiger partial charge in [0.1, 0.15) is 11.6 Å². The first-order chi connectivity index (χ1) is 11.9. The molecule has 1 N–H and O–H groups in total. The van der Waals surface area contributed by atoms with Crippen LogP contribution in [0.2, 0.25) is 0 Å². The van der Waals surface area contributed by atoms with Crippen LogP contribution in [0.15, 0.2) is 46.9 Å². The highest BCUT2D eigenvalue weighted by Crippen LogP contribution is 2.21. The first-order valence-electron chi connectivity index (χ1n) is 8.33. The maximum absolute atomic E-state index is 12.3. The van der Waals surface area contributed by atoms with Crippen molar-refractivity contribution in [3.05, 3.63) is 81.9 Å². The van der Waals surface area contributed by atoms with Gasteiger partial charge in [-0.05, 0) is 68.7 Å². The Labute approximate surface area is 147 Å². The zero-order valence-electron chi connectivity index (χ0n) is 15.0. The number of carbonyl (C=O) groups excluding carboxylic acids is 1. The van der Waals surface area contributed by atoms with Crippen molar-refractivity contribution < 1.29 is 9.21 Å². The van der Waals surface area contributed by atoms with E-state index in [1.165, 1.54) is 22.3 Å². The van der Waals surface area contributed by atoms with E-state index in [0.717, 1.165) is 11.5 Å². The van der Waals surface area contributed by atoms with Crippen LogP contribution in [0.5, 0.6) is 0 Å². The molecule has 1 amide bonds. The summed E-state index contributed by atoms with van der Waals surface area (Å²) < 4.78 is 5.75. The van der Waals surface area contributed by atoms with Crippen LogP contribution >= 0.6 is 0 Å². The van der Waals surface area contributed by atoms with Crippen molar-refractivity contribution in [3.8, 4) is 0 Å². The van der Waals surface area contributed by atoms with E-state index < -0.39 is 0 Å². The topological polar surface area (TPSA) is 55.1 Å². The van der Waals surface area contributed by atoms with E-state index in [9.17, 15) is 4.79 Å². The maximum Gasteiger partial charge on any atom is 0.292 e. The van der Waals surface area contributed by atoms with Crippen LogP contribution in [0.4, 0.5) is 5.82 Å². The average molecular weight is 334 g/mol. The summed E-state index contributed by atoms with van der Waals surface area (Å²) >= 11 is 0. The highest BCUT2D eigenvalue weighted by atomic mass is 16.3. The number of amides is 1. The molecule has 4 heteroatoms. The minimum Gasteiger partial charge on any atom is -0.456 e. The van der Waals surface area contributed by atoms with Gasteiger partial charge in [-0.3, -0.25) is 4.79 Å². The van der Waals surface area contributed by atoms with E-state index in [1.54, 1.807) is 12.1 Å². The molecule has 0 aliphatic carbocycles. The van der Waals surface area contributed by atoms with Crippen LogP contribution in [-0.4, -0.2) is 10.9 Å². The molecule has 0 aliphatic rings. The first kappa shape index (κ1) is 17.0. The lowest BCUT2D eigenvalue weighted by Crippen LogP contribution is -2.12. The van der Waals surface area contributed by atoms with Gasteiger partial charge in [0.2, 0.25) is 0 Å². The molecular weight excluding hydrogens is 312 g/mol. The SMILES string of the molecule is Cc1cc(C)c(Cc2ccc(C(=O)Nc3cccc(C)n3)o2)c(C)c1. The van der Waals surface area contributed by atoms with Gasteiger partial charge in [0.05, 0.1) is 0 Å². The van der Waals surface area contributed by atoms with Crippen molar-refractivity contribution in [1.29, 1.82) is 0 Å². The predicted molar refractivity (Wildman–Crippen MR) is 99.1 cm³/mol.